The summed E-state index contributed by atoms with van der Waals surface area (Å²) in [6.07, 6.45) is 0.773. The van der Waals surface area contributed by atoms with E-state index in [1.165, 1.54) is 0 Å². The molecule has 0 unspecified atom stereocenters. The first-order chi connectivity index (χ1) is 6.09. The zero-order valence-electron chi connectivity index (χ0n) is 7.45. The molecule has 0 aromatic heterocycles. The molecule has 0 atom stereocenters. The van der Waals surface area contributed by atoms with Crippen LogP contribution >= 0.6 is 12.6 Å². The predicted octanol–water partition coefficient (Wildman–Crippen LogP) is 2.30. The maximum Gasteiger partial charge on any atom is 0.303 e. The molecule has 0 heterocycles. The van der Waals surface area contributed by atoms with Gasteiger partial charge in [-0.25, -0.2) is 0 Å². The smallest absolute Gasteiger partial charge is 0.303 e. The number of aliphatic carboxylic acids is 1. The van der Waals surface area contributed by atoms with Gasteiger partial charge < -0.3 is 5.11 Å². The van der Waals surface area contributed by atoms with Crippen molar-refractivity contribution < 1.29 is 9.90 Å². The summed E-state index contributed by atoms with van der Waals surface area (Å²) in [6, 6.07) is 5.79. The first kappa shape index (κ1) is 10.1. The lowest BCUT2D eigenvalue weighted by molar-refractivity contribution is -0.136. The van der Waals surface area contributed by atoms with Gasteiger partial charge in [0.1, 0.15) is 0 Å². The van der Waals surface area contributed by atoms with E-state index in [1.54, 1.807) is 0 Å². The second-order valence-electron chi connectivity index (χ2n) is 3.01. The number of carbonyl (C=O) groups is 1. The summed E-state index contributed by atoms with van der Waals surface area (Å²) in [5.74, 6) is -0.757. The molecule has 13 heavy (non-hydrogen) atoms. The topological polar surface area (TPSA) is 37.3 Å². The molecule has 0 radical (unpaired) electrons. The van der Waals surface area contributed by atoms with Gasteiger partial charge in [-0.15, -0.1) is 12.6 Å². The quantitative estimate of drug-likeness (QED) is 0.728. The molecule has 0 saturated carbocycles. The summed E-state index contributed by atoms with van der Waals surface area (Å²) in [7, 11) is 0. The van der Waals surface area contributed by atoms with Crippen LogP contribution in [-0.2, 0) is 11.2 Å². The Morgan fingerprint density at radius 3 is 2.77 bits per heavy atom. The molecule has 70 valence electrons. The van der Waals surface area contributed by atoms with Crippen LogP contribution in [0.15, 0.2) is 23.1 Å². The van der Waals surface area contributed by atoms with Gasteiger partial charge in [-0.1, -0.05) is 12.1 Å². The SMILES string of the molecule is Cc1cc(CCC(=O)O)ccc1S. The highest BCUT2D eigenvalue weighted by Crippen LogP contribution is 2.15. The molecule has 0 amide bonds. The molecular formula is C10H12O2S. The number of carboxylic acid groups (broad SMARTS) is 1. The number of aryl methyl sites for hydroxylation is 2. The van der Waals surface area contributed by atoms with Gasteiger partial charge in [-0.05, 0) is 30.5 Å². The molecule has 3 heteroatoms. The van der Waals surface area contributed by atoms with Gasteiger partial charge in [-0.2, -0.15) is 0 Å². The Hall–Kier alpha value is -0.960. The van der Waals surface area contributed by atoms with Gasteiger partial charge in [-0.3, -0.25) is 4.79 Å². The number of hydrogen-bond donors (Lipinski definition) is 2. The van der Waals surface area contributed by atoms with Crippen molar-refractivity contribution in [3.8, 4) is 0 Å². The summed E-state index contributed by atoms with van der Waals surface area (Å²) in [6.45, 7) is 1.96. The average Bonchev–Trinajstić information content (AvgIpc) is 2.07. The zero-order valence-corrected chi connectivity index (χ0v) is 8.34. The Morgan fingerprint density at radius 1 is 1.54 bits per heavy atom. The second kappa shape index (κ2) is 4.33. The third-order valence-electron chi connectivity index (χ3n) is 1.89. The molecule has 0 aliphatic carbocycles. The summed E-state index contributed by atoms with van der Waals surface area (Å²) >= 11 is 4.24. The average molecular weight is 196 g/mol. The Kier molecular flexibility index (Phi) is 3.37. The minimum absolute atomic E-state index is 0.186. The van der Waals surface area contributed by atoms with Crippen molar-refractivity contribution in [3.63, 3.8) is 0 Å². The largest absolute Gasteiger partial charge is 0.481 e. The Labute approximate surface area is 83.0 Å². The summed E-state index contributed by atoms with van der Waals surface area (Å²) < 4.78 is 0. The molecule has 1 aromatic carbocycles. The van der Waals surface area contributed by atoms with E-state index in [2.05, 4.69) is 12.6 Å². The van der Waals surface area contributed by atoms with Gasteiger partial charge in [0.25, 0.3) is 0 Å². The highest BCUT2D eigenvalue weighted by atomic mass is 32.1. The molecule has 0 spiro atoms. The molecule has 1 rings (SSSR count). The normalized spacial score (nSPS) is 10.0. The van der Waals surface area contributed by atoms with Crippen molar-refractivity contribution in [2.24, 2.45) is 0 Å². The number of thiol groups is 1. The Bertz CT molecular complexity index is 321. The Morgan fingerprint density at radius 2 is 2.23 bits per heavy atom. The lowest BCUT2D eigenvalue weighted by Gasteiger charge is -2.02. The molecule has 1 N–H and O–H groups in total. The number of carboxylic acids is 1. The van der Waals surface area contributed by atoms with Crippen LogP contribution in [0.2, 0.25) is 0 Å². The lowest BCUT2D eigenvalue weighted by Crippen LogP contribution is -1.97. The van der Waals surface area contributed by atoms with Gasteiger partial charge in [0, 0.05) is 11.3 Å². The molecule has 0 fully saturated rings. The predicted molar refractivity (Wildman–Crippen MR) is 54.4 cm³/mol. The fourth-order valence-corrected chi connectivity index (χ4v) is 1.26. The van der Waals surface area contributed by atoms with E-state index in [1.807, 2.05) is 25.1 Å². The third kappa shape index (κ3) is 3.11. The summed E-state index contributed by atoms with van der Waals surface area (Å²) in [4.78, 5) is 11.3. The van der Waals surface area contributed by atoms with E-state index in [-0.39, 0.29) is 6.42 Å². The van der Waals surface area contributed by atoms with Crippen LogP contribution in [0.25, 0.3) is 0 Å². The molecule has 0 saturated heterocycles. The van der Waals surface area contributed by atoms with E-state index in [0.717, 1.165) is 16.0 Å². The van der Waals surface area contributed by atoms with E-state index in [0.29, 0.717) is 6.42 Å². The fourth-order valence-electron chi connectivity index (χ4n) is 1.12. The van der Waals surface area contributed by atoms with E-state index in [9.17, 15) is 4.79 Å². The van der Waals surface area contributed by atoms with Crippen LogP contribution in [0.5, 0.6) is 0 Å². The molecule has 0 bridgehead atoms. The monoisotopic (exact) mass is 196 g/mol. The highest BCUT2D eigenvalue weighted by Gasteiger charge is 2.00. The van der Waals surface area contributed by atoms with Crippen molar-refractivity contribution >= 4 is 18.6 Å². The lowest BCUT2D eigenvalue weighted by atomic mass is 10.1. The van der Waals surface area contributed by atoms with Crippen molar-refractivity contribution in [1.82, 2.24) is 0 Å². The summed E-state index contributed by atoms with van der Waals surface area (Å²) in [5, 5.41) is 8.48. The van der Waals surface area contributed by atoms with Crippen molar-refractivity contribution in [2.45, 2.75) is 24.7 Å². The minimum atomic E-state index is -0.757. The Balaban J connectivity index is 2.68. The molecule has 0 aliphatic heterocycles. The van der Waals surface area contributed by atoms with Crippen LogP contribution in [0.3, 0.4) is 0 Å². The second-order valence-corrected chi connectivity index (χ2v) is 3.50. The van der Waals surface area contributed by atoms with Crippen molar-refractivity contribution in [2.75, 3.05) is 0 Å². The maximum atomic E-state index is 10.3. The standard InChI is InChI=1S/C10H12O2S/c1-7-6-8(2-4-9(7)13)3-5-10(11)12/h2,4,6,13H,3,5H2,1H3,(H,11,12). The third-order valence-corrected chi connectivity index (χ3v) is 2.39. The fraction of sp³-hybridized carbons (Fsp3) is 0.300. The number of rotatable bonds is 3. The number of hydrogen-bond acceptors (Lipinski definition) is 2. The molecule has 2 nitrogen and oxygen atoms in total. The molecular weight excluding hydrogens is 184 g/mol. The van der Waals surface area contributed by atoms with Crippen molar-refractivity contribution in [1.29, 1.82) is 0 Å². The zero-order chi connectivity index (χ0) is 9.84. The van der Waals surface area contributed by atoms with E-state index >= 15 is 0 Å². The maximum absolute atomic E-state index is 10.3. The van der Waals surface area contributed by atoms with Gasteiger partial charge in [0.2, 0.25) is 0 Å². The van der Waals surface area contributed by atoms with E-state index < -0.39 is 5.97 Å². The van der Waals surface area contributed by atoms with Crippen LogP contribution in [0, 0.1) is 6.92 Å². The van der Waals surface area contributed by atoms with Gasteiger partial charge in [0.05, 0.1) is 0 Å². The molecule has 0 aliphatic rings. The number of benzene rings is 1. The van der Waals surface area contributed by atoms with E-state index in [4.69, 9.17) is 5.11 Å². The van der Waals surface area contributed by atoms with Gasteiger partial charge in [0.15, 0.2) is 0 Å². The highest BCUT2D eigenvalue weighted by molar-refractivity contribution is 7.80. The van der Waals surface area contributed by atoms with Crippen LogP contribution in [0.1, 0.15) is 17.5 Å². The molecule has 1 aromatic rings. The van der Waals surface area contributed by atoms with Crippen LogP contribution < -0.4 is 0 Å². The van der Waals surface area contributed by atoms with Crippen LogP contribution in [-0.4, -0.2) is 11.1 Å². The summed E-state index contributed by atoms with van der Waals surface area (Å²) in [5.41, 5.74) is 2.14. The minimum Gasteiger partial charge on any atom is -0.481 e. The van der Waals surface area contributed by atoms with Crippen LogP contribution in [0.4, 0.5) is 0 Å². The first-order valence-corrected chi connectivity index (χ1v) is 4.54. The first-order valence-electron chi connectivity index (χ1n) is 4.10. The van der Waals surface area contributed by atoms with Gasteiger partial charge >= 0.3 is 5.97 Å². The van der Waals surface area contributed by atoms with Crippen molar-refractivity contribution in [3.05, 3.63) is 29.3 Å².